The van der Waals surface area contributed by atoms with Gasteiger partial charge in [-0.3, -0.25) is 9.69 Å². The van der Waals surface area contributed by atoms with Gasteiger partial charge in [-0.15, -0.1) is 0 Å². The van der Waals surface area contributed by atoms with E-state index in [2.05, 4.69) is 16.7 Å². The van der Waals surface area contributed by atoms with Crippen molar-refractivity contribution in [2.75, 3.05) is 16.8 Å². The van der Waals surface area contributed by atoms with Crippen LogP contribution in [0.5, 0.6) is 0 Å². The molecule has 6 heteroatoms. The lowest BCUT2D eigenvalue weighted by Crippen LogP contribution is -2.43. The van der Waals surface area contributed by atoms with E-state index in [1.54, 1.807) is 4.90 Å². The van der Waals surface area contributed by atoms with Crippen LogP contribution in [0.4, 0.5) is 21.9 Å². The molecular formula is C24H31N3O3. The van der Waals surface area contributed by atoms with Crippen LogP contribution >= 0.6 is 0 Å². The molecule has 0 fully saturated rings. The summed E-state index contributed by atoms with van der Waals surface area (Å²) < 4.78 is 5.61. The Hall–Kier alpha value is -2.86. The molecule has 2 aromatic carbocycles. The summed E-state index contributed by atoms with van der Waals surface area (Å²) in [5.74, 6) is -0.129. The van der Waals surface area contributed by atoms with Crippen LogP contribution in [0.1, 0.15) is 45.7 Å². The third-order valence-electron chi connectivity index (χ3n) is 4.76. The molecule has 2 aromatic rings. The molecule has 2 N–H and O–H groups in total. The number of nitrogens with zero attached hydrogens (tertiary/aromatic N) is 1. The molecule has 0 saturated carbocycles. The quantitative estimate of drug-likeness (QED) is 0.762. The molecule has 0 unspecified atom stereocenters. The van der Waals surface area contributed by atoms with Gasteiger partial charge in [-0.05, 0) is 76.8 Å². The fraction of sp³-hybridized carbons (Fsp3) is 0.417. The Balaban J connectivity index is 1.97. The van der Waals surface area contributed by atoms with Crippen molar-refractivity contribution in [3.8, 4) is 0 Å². The normalized spacial score (nSPS) is 13.3. The number of fused-ring (bicyclic) bond motifs is 2. The number of hydrogen-bond acceptors (Lipinski definition) is 3. The highest BCUT2D eigenvalue weighted by molar-refractivity contribution is 6.04. The molecule has 0 aromatic heterocycles. The van der Waals surface area contributed by atoms with Gasteiger partial charge < -0.3 is 15.4 Å². The van der Waals surface area contributed by atoms with Gasteiger partial charge in [0.15, 0.2) is 0 Å². The minimum absolute atomic E-state index is 0.00634. The molecule has 0 saturated heterocycles. The highest BCUT2D eigenvalue weighted by Gasteiger charge is 2.26. The van der Waals surface area contributed by atoms with Crippen molar-refractivity contribution >= 4 is 29.0 Å². The number of benzene rings is 2. The first kappa shape index (κ1) is 21.8. The van der Waals surface area contributed by atoms with Crippen LogP contribution in [0.2, 0.25) is 0 Å². The molecule has 160 valence electrons. The average Bonchev–Trinajstić information content (AvgIpc) is 2.81. The second-order valence-electron chi connectivity index (χ2n) is 8.89. The summed E-state index contributed by atoms with van der Waals surface area (Å²) in [4.78, 5) is 27.3. The van der Waals surface area contributed by atoms with Crippen molar-refractivity contribution in [3.05, 3.63) is 53.6 Å². The topological polar surface area (TPSA) is 70.7 Å². The van der Waals surface area contributed by atoms with Crippen LogP contribution in [0.25, 0.3) is 0 Å². The molecule has 1 heterocycles. The van der Waals surface area contributed by atoms with Gasteiger partial charge in [0, 0.05) is 11.2 Å². The van der Waals surface area contributed by atoms with Crippen molar-refractivity contribution in [1.82, 2.24) is 5.32 Å². The highest BCUT2D eigenvalue weighted by Crippen LogP contribution is 2.37. The molecule has 0 radical (unpaired) electrons. The Morgan fingerprint density at radius 3 is 2.37 bits per heavy atom. The van der Waals surface area contributed by atoms with Gasteiger partial charge in [0.05, 0.1) is 17.5 Å². The number of aryl methyl sites for hydroxylation is 2. The van der Waals surface area contributed by atoms with Gasteiger partial charge in [0.1, 0.15) is 6.61 Å². The minimum atomic E-state index is -0.342. The maximum Gasteiger partial charge on any atom is 0.319 e. The zero-order chi connectivity index (χ0) is 21.9. The standard InChI is InChI=1S/C24H31N3O3/c1-16(2)30-15-22(28)27-20-9-7-6-8-17(20)10-11-18-12-13-19(14-21(18)27)25-23(29)26-24(3,4)5/h6-9,12-14,16H,10-11,15H2,1-5H3,(H2,25,26,29). The Kier molecular flexibility index (Phi) is 6.46. The van der Waals surface area contributed by atoms with Gasteiger partial charge in [-0.25, -0.2) is 4.79 Å². The molecule has 0 aliphatic carbocycles. The Morgan fingerprint density at radius 2 is 1.70 bits per heavy atom. The molecule has 0 bridgehead atoms. The number of carbonyl (C=O) groups is 2. The van der Waals surface area contributed by atoms with E-state index < -0.39 is 0 Å². The van der Waals surface area contributed by atoms with E-state index in [1.165, 1.54) is 0 Å². The number of nitrogens with one attached hydrogen (secondary N) is 2. The maximum atomic E-state index is 13.2. The number of hydrogen-bond donors (Lipinski definition) is 2. The fourth-order valence-corrected chi connectivity index (χ4v) is 3.47. The van der Waals surface area contributed by atoms with Crippen molar-refractivity contribution in [3.63, 3.8) is 0 Å². The molecular weight excluding hydrogens is 378 g/mol. The predicted octanol–water partition coefficient (Wildman–Crippen LogP) is 4.79. The van der Waals surface area contributed by atoms with E-state index in [1.807, 2.05) is 71.0 Å². The first-order valence-corrected chi connectivity index (χ1v) is 10.4. The van der Waals surface area contributed by atoms with Gasteiger partial charge in [0.2, 0.25) is 0 Å². The molecule has 1 aliphatic rings. The number of amides is 3. The number of anilines is 3. The molecule has 3 rings (SSSR count). The predicted molar refractivity (Wildman–Crippen MR) is 120 cm³/mol. The van der Waals surface area contributed by atoms with Crippen LogP contribution in [0.3, 0.4) is 0 Å². The van der Waals surface area contributed by atoms with Crippen molar-refractivity contribution in [2.45, 2.75) is 59.1 Å². The van der Waals surface area contributed by atoms with Crippen LogP contribution in [-0.2, 0) is 22.4 Å². The summed E-state index contributed by atoms with van der Waals surface area (Å²) in [6.45, 7) is 9.59. The second-order valence-corrected chi connectivity index (χ2v) is 8.89. The molecule has 3 amide bonds. The average molecular weight is 410 g/mol. The molecule has 0 atom stereocenters. The number of ether oxygens (including phenoxy) is 1. The second kappa shape index (κ2) is 8.88. The smallest absolute Gasteiger partial charge is 0.319 e. The van der Waals surface area contributed by atoms with Crippen LogP contribution in [0, 0.1) is 0 Å². The van der Waals surface area contributed by atoms with Crippen molar-refractivity contribution in [1.29, 1.82) is 0 Å². The Bertz CT molecular complexity index is 932. The fourth-order valence-electron chi connectivity index (χ4n) is 3.47. The maximum absolute atomic E-state index is 13.2. The van der Waals surface area contributed by atoms with Gasteiger partial charge in [-0.2, -0.15) is 0 Å². The summed E-state index contributed by atoms with van der Waals surface area (Å²) in [6.07, 6.45) is 1.62. The van der Waals surface area contributed by atoms with Gasteiger partial charge in [-0.1, -0.05) is 24.3 Å². The number of carbonyl (C=O) groups excluding carboxylic acids is 2. The largest absolute Gasteiger partial charge is 0.369 e. The lowest BCUT2D eigenvalue weighted by molar-refractivity contribution is -0.123. The third-order valence-corrected chi connectivity index (χ3v) is 4.76. The SMILES string of the molecule is CC(C)OCC(=O)N1c2ccccc2CCc2ccc(NC(=O)NC(C)(C)C)cc21. The number of urea groups is 1. The lowest BCUT2D eigenvalue weighted by atomic mass is 10.0. The van der Waals surface area contributed by atoms with E-state index in [0.29, 0.717) is 5.69 Å². The summed E-state index contributed by atoms with van der Waals surface area (Å²) in [7, 11) is 0. The molecule has 30 heavy (non-hydrogen) atoms. The minimum Gasteiger partial charge on any atom is -0.369 e. The van der Waals surface area contributed by atoms with E-state index >= 15 is 0 Å². The first-order valence-electron chi connectivity index (χ1n) is 10.4. The van der Waals surface area contributed by atoms with Crippen LogP contribution in [0.15, 0.2) is 42.5 Å². The van der Waals surface area contributed by atoms with Crippen LogP contribution in [-0.4, -0.2) is 30.2 Å². The van der Waals surface area contributed by atoms with E-state index in [4.69, 9.17) is 4.74 Å². The Labute approximate surface area is 178 Å². The monoisotopic (exact) mass is 409 g/mol. The van der Waals surface area contributed by atoms with E-state index in [0.717, 1.165) is 35.3 Å². The molecule has 6 nitrogen and oxygen atoms in total. The summed E-state index contributed by atoms with van der Waals surface area (Å²) in [6, 6.07) is 13.4. The lowest BCUT2D eigenvalue weighted by Gasteiger charge is -2.26. The number of para-hydroxylation sites is 1. The molecule has 0 spiro atoms. The summed E-state index contributed by atoms with van der Waals surface area (Å²) >= 11 is 0. The zero-order valence-electron chi connectivity index (χ0n) is 18.4. The van der Waals surface area contributed by atoms with Crippen LogP contribution < -0.4 is 15.5 Å². The Morgan fingerprint density at radius 1 is 1.03 bits per heavy atom. The third kappa shape index (κ3) is 5.39. The zero-order valence-corrected chi connectivity index (χ0v) is 18.4. The summed E-state index contributed by atoms with van der Waals surface area (Å²) in [5, 5.41) is 5.78. The van der Waals surface area contributed by atoms with Gasteiger partial charge >= 0.3 is 6.03 Å². The van der Waals surface area contributed by atoms with E-state index in [9.17, 15) is 9.59 Å². The highest BCUT2D eigenvalue weighted by atomic mass is 16.5. The molecule has 1 aliphatic heterocycles. The van der Waals surface area contributed by atoms with Crippen molar-refractivity contribution < 1.29 is 14.3 Å². The first-order chi connectivity index (χ1) is 14.1. The van der Waals surface area contributed by atoms with Crippen molar-refractivity contribution in [2.24, 2.45) is 0 Å². The van der Waals surface area contributed by atoms with E-state index in [-0.39, 0.29) is 30.2 Å². The summed E-state index contributed by atoms with van der Waals surface area (Å²) in [5.41, 5.74) is 4.12. The number of rotatable bonds is 4. The van der Waals surface area contributed by atoms with Gasteiger partial charge in [0.25, 0.3) is 5.91 Å².